The number of hydrogen-bond acceptors (Lipinski definition) is 3. The Balaban J connectivity index is 1.91. The molecule has 0 bridgehead atoms. The number of carbonyl (C=O) groups is 1. The van der Waals surface area contributed by atoms with Crippen molar-refractivity contribution in [2.75, 3.05) is 5.75 Å². The summed E-state index contributed by atoms with van der Waals surface area (Å²) in [6, 6.07) is 15.3. The maximum absolute atomic E-state index is 11.3. The number of rotatable bonds is 7. The fourth-order valence-corrected chi connectivity index (χ4v) is 3.19. The van der Waals surface area contributed by atoms with Crippen molar-refractivity contribution in [3.05, 3.63) is 58.6 Å². The summed E-state index contributed by atoms with van der Waals surface area (Å²) in [5.74, 6) is 0.322. The third-order valence-corrected chi connectivity index (χ3v) is 4.84. The number of carboxylic acids is 1. The van der Waals surface area contributed by atoms with E-state index in [1.54, 1.807) is 23.9 Å². The van der Waals surface area contributed by atoms with E-state index >= 15 is 0 Å². The normalized spacial score (nSPS) is 11.9. The molecule has 2 rings (SSSR count). The lowest BCUT2D eigenvalue weighted by molar-refractivity contribution is -0.145. The van der Waals surface area contributed by atoms with E-state index in [0.717, 1.165) is 4.47 Å². The van der Waals surface area contributed by atoms with E-state index in [2.05, 4.69) is 28.9 Å². The first kappa shape index (κ1) is 16.9. The molecule has 116 valence electrons. The standard InChI is InChI=1S/C17H17BrO3S/c1-12-4-2-3-5-16(12)22-11-10-15(17(19)20)21-14-8-6-13(18)7-9-14/h2-9,15H,10-11H2,1H3,(H,19,20). The van der Waals surface area contributed by atoms with Gasteiger partial charge in [0.2, 0.25) is 0 Å². The average Bonchev–Trinajstić information content (AvgIpc) is 2.50. The number of thioether (sulfide) groups is 1. The molecule has 0 aliphatic rings. The summed E-state index contributed by atoms with van der Waals surface area (Å²) in [5.41, 5.74) is 1.20. The second kappa shape index (κ2) is 8.25. The summed E-state index contributed by atoms with van der Waals surface area (Å²) in [6.45, 7) is 2.05. The highest BCUT2D eigenvalue weighted by Gasteiger charge is 2.19. The molecule has 2 aromatic carbocycles. The van der Waals surface area contributed by atoms with Gasteiger partial charge in [0, 0.05) is 21.5 Å². The molecule has 0 aliphatic carbocycles. The van der Waals surface area contributed by atoms with Gasteiger partial charge in [-0.1, -0.05) is 34.1 Å². The van der Waals surface area contributed by atoms with E-state index in [4.69, 9.17) is 4.74 Å². The summed E-state index contributed by atoms with van der Waals surface area (Å²) < 4.78 is 6.50. The minimum atomic E-state index is -0.937. The Morgan fingerprint density at radius 2 is 1.91 bits per heavy atom. The molecule has 1 unspecified atom stereocenters. The van der Waals surface area contributed by atoms with E-state index in [1.807, 2.05) is 30.3 Å². The Labute approximate surface area is 142 Å². The third-order valence-electron chi connectivity index (χ3n) is 3.10. The second-order valence-corrected chi connectivity index (χ2v) is 6.85. The quantitative estimate of drug-likeness (QED) is 0.702. The van der Waals surface area contributed by atoms with E-state index in [9.17, 15) is 9.90 Å². The molecule has 0 amide bonds. The molecule has 1 N–H and O–H groups in total. The lowest BCUT2D eigenvalue weighted by Gasteiger charge is -2.15. The minimum Gasteiger partial charge on any atom is -0.479 e. The van der Waals surface area contributed by atoms with E-state index in [1.165, 1.54) is 10.5 Å². The third kappa shape index (κ3) is 5.07. The number of ether oxygens (including phenoxy) is 1. The Bertz CT molecular complexity index is 628. The van der Waals surface area contributed by atoms with Crippen molar-refractivity contribution in [2.24, 2.45) is 0 Å². The van der Waals surface area contributed by atoms with Gasteiger partial charge in [0.1, 0.15) is 5.75 Å². The minimum absolute atomic E-state index is 0.449. The Hall–Kier alpha value is -1.46. The lowest BCUT2D eigenvalue weighted by atomic mass is 10.2. The van der Waals surface area contributed by atoms with E-state index in [0.29, 0.717) is 17.9 Å². The lowest BCUT2D eigenvalue weighted by Crippen LogP contribution is -2.27. The SMILES string of the molecule is Cc1ccccc1SCCC(Oc1ccc(Br)cc1)C(=O)O. The van der Waals surface area contributed by atoms with Gasteiger partial charge in [0.05, 0.1) is 0 Å². The number of aliphatic carboxylic acids is 1. The monoisotopic (exact) mass is 380 g/mol. The molecule has 2 aromatic rings. The highest BCUT2D eigenvalue weighted by molar-refractivity contribution is 9.10. The molecule has 0 aromatic heterocycles. The molecule has 0 saturated heterocycles. The van der Waals surface area contributed by atoms with Crippen LogP contribution in [-0.4, -0.2) is 22.9 Å². The maximum atomic E-state index is 11.3. The summed E-state index contributed by atoms with van der Waals surface area (Å²) in [6.07, 6.45) is -0.387. The van der Waals surface area contributed by atoms with Crippen molar-refractivity contribution in [2.45, 2.75) is 24.3 Å². The first-order valence-electron chi connectivity index (χ1n) is 6.89. The second-order valence-electron chi connectivity index (χ2n) is 4.80. The van der Waals surface area contributed by atoms with Crippen LogP contribution in [0.25, 0.3) is 0 Å². The molecule has 0 spiro atoms. The predicted molar refractivity (Wildman–Crippen MR) is 92.7 cm³/mol. The number of halogens is 1. The predicted octanol–water partition coefficient (Wildman–Crippen LogP) is 4.77. The zero-order valence-corrected chi connectivity index (χ0v) is 14.6. The molecule has 0 fully saturated rings. The number of carboxylic acid groups (broad SMARTS) is 1. The van der Waals surface area contributed by atoms with Crippen LogP contribution in [0.1, 0.15) is 12.0 Å². The smallest absolute Gasteiger partial charge is 0.344 e. The Morgan fingerprint density at radius 1 is 1.23 bits per heavy atom. The molecule has 0 heterocycles. The molecule has 1 atom stereocenters. The van der Waals surface area contributed by atoms with Crippen LogP contribution >= 0.6 is 27.7 Å². The van der Waals surface area contributed by atoms with Crippen LogP contribution in [0.4, 0.5) is 0 Å². The van der Waals surface area contributed by atoms with Crippen LogP contribution in [-0.2, 0) is 4.79 Å². The van der Waals surface area contributed by atoms with Gasteiger partial charge in [-0.3, -0.25) is 0 Å². The Morgan fingerprint density at radius 3 is 2.55 bits per heavy atom. The number of aryl methyl sites for hydroxylation is 1. The molecular weight excluding hydrogens is 364 g/mol. The van der Waals surface area contributed by atoms with Crippen LogP contribution in [0, 0.1) is 6.92 Å². The molecule has 0 aliphatic heterocycles. The molecule has 0 saturated carbocycles. The van der Waals surface area contributed by atoms with Gasteiger partial charge in [-0.05, 0) is 42.8 Å². The number of benzene rings is 2. The molecule has 0 radical (unpaired) electrons. The van der Waals surface area contributed by atoms with Crippen molar-refractivity contribution >= 4 is 33.7 Å². The van der Waals surface area contributed by atoms with Crippen LogP contribution in [0.5, 0.6) is 5.75 Å². The molecular formula is C17H17BrO3S. The molecule has 3 nitrogen and oxygen atoms in total. The van der Waals surface area contributed by atoms with Crippen molar-refractivity contribution in [1.82, 2.24) is 0 Å². The van der Waals surface area contributed by atoms with Crippen LogP contribution < -0.4 is 4.74 Å². The molecule has 22 heavy (non-hydrogen) atoms. The van der Waals surface area contributed by atoms with Crippen LogP contribution in [0.3, 0.4) is 0 Å². The van der Waals surface area contributed by atoms with Gasteiger partial charge in [-0.25, -0.2) is 4.79 Å². The molecule has 5 heteroatoms. The zero-order valence-electron chi connectivity index (χ0n) is 12.2. The fraction of sp³-hybridized carbons (Fsp3) is 0.235. The van der Waals surface area contributed by atoms with Gasteiger partial charge < -0.3 is 9.84 Å². The van der Waals surface area contributed by atoms with Crippen molar-refractivity contribution in [3.8, 4) is 5.75 Å². The van der Waals surface area contributed by atoms with Gasteiger partial charge in [-0.15, -0.1) is 11.8 Å². The van der Waals surface area contributed by atoms with Gasteiger partial charge in [0.25, 0.3) is 0 Å². The largest absolute Gasteiger partial charge is 0.479 e. The van der Waals surface area contributed by atoms with Gasteiger partial charge >= 0.3 is 5.97 Å². The van der Waals surface area contributed by atoms with Crippen LogP contribution in [0.2, 0.25) is 0 Å². The fourth-order valence-electron chi connectivity index (χ4n) is 1.90. The van der Waals surface area contributed by atoms with E-state index < -0.39 is 12.1 Å². The average molecular weight is 381 g/mol. The first-order chi connectivity index (χ1) is 10.6. The van der Waals surface area contributed by atoms with Gasteiger partial charge in [-0.2, -0.15) is 0 Å². The maximum Gasteiger partial charge on any atom is 0.344 e. The van der Waals surface area contributed by atoms with Crippen molar-refractivity contribution in [1.29, 1.82) is 0 Å². The van der Waals surface area contributed by atoms with E-state index in [-0.39, 0.29) is 0 Å². The highest BCUT2D eigenvalue weighted by Crippen LogP contribution is 2.24. The first-order valence-corrected chi connectivity index (χ1v) is 8.67. The summed E-state index contributed by atoms with van der Waals surface area (Å²) >= 11 is 4.99. The highest BCUT2D eigenvalue weighted by atomic mass is 79.9. The summed E-state index contributed by atoms with van der Waals surface area (Å²) in [5, 5.41) is 9.30. The topological polar surface area (TPSA) is 46.5 Å². The van der Waals surface area contributed by atoms with Gasteiger partial charge in [0.15, 0.2) is 6.10 Å². The summed E-state index contributed by atoms with van der Waals surface area (Å²) in [7, 11) is 0. The van der Waals surface area contributed by atoms with Crippen LogP contribution in [0.15, 0.2) is 57.9 Å². The van der Waals surface area contributed by atoms with Crippen molar-refractivity contribution in [3.63, 3.8) is 0 Å². The van der Waals surface area contributed by atoms with Crippen molar-refractivity contribution < 1.29 is 14.6 Å². The number of hydrogen-bond donors (Lipinski definition) is 1. The zero-order chi connectivity index (χ0) is 15.9. The summed E-state index contributed by atoms with van der Waals surface area (Å²) in [4.78, 5) is 12.5. The Kier molecular flexibility index (Phi) is 6.34.